The van der Waals surface area contributed by atoms with Gasteiger partial charge in [-0.2, -0.15) is 0 Å². The number of hydrogen-bond acceptors (Lipinski definition) is 20. The second-order valence-corrected chi connectivity index (χ2v) is 35.0. The van der Waals surface area contributed by atoms with Gasteiger partial charge in [0.05, 0.1) is 72.8 Å². The van der Waals surface area contributed by atoms with E-state index in [4.69, 9.17) is 51.8 Å². The highest BCUT2D eigenvalue weighted by molar-refractivity contribution is 6.73. The molecule has 0 spiro atoms. The van der Waals surface area contributed by atoms with Crippen LogP contribution in [-0.4, -0.2) is 178 Å². The number of fused-ring (bicyclic) bond motifs is 16. The summed E-state index contributed by atoms with van der Waals surface area (Å²) in [6.07, 6.45) is -10.3. The number of hydrogen-bond donors (Lipinski definition) is 5. The fourth-order valence-electron chi connectivity index (χ4n) is 19.0. The number of ether oxygens (including phenoxy) is 10. The monoisotopic (exact) mass is 1290 g/mol. The van der Waals surface area contributed by atoms with Crippen molar-refractivity contribution in [1.82, 2.24) is 0 Å². The third kappa shape index (κ3) is 10.1. The van der Waals surface area contributed by atoms with Crippen molar-refractivity contribution in [1.29, 1.82) is 0 Å². The van der Waals surface area contributed by atoms with Gasteiger partial charge in [0.1, 0.15) is 47.8 Å². The average molecular weight is 1290 g/mol. The Kier molecular flexibility index (Phi) is 17.1. The maximum absolute atomic E-state index is 14.2. The van der Waals surface area contributed by atoms with E-state index in [0.717, 1.165) is 23.7 Å². The summed E-state index contributed by atoms with van der Waals surface area (Å²) in [6, 6.07) is 19.8. The lowest BCUT2D eigenvalue weighted by Gasteiger charge is -2.69. The molecule has 4 aliphatic heterocycles. The molecule has 12 rings (SSSR count). The average Bonchev–Trinajstić information content (AvgIpc) is 1.61. The topological polar surface area (TPSA) is 271 Å². The first-order valence-electron chi connectivity index (χ1n) is 32.8. The summed E-state index contributed by atoms with van der Waals surface area (Å²) in [5.41, 5.74) is -7.61. The molecule has 6 aliphatic carbocycles. The van der Waals surface area contributed by atoms with Crippen molar-refractivity contribution in [2.75, 3.05) is 13.2 Å². The second kappa shape index (κ2) is 22.9. The highest BCUT2D eigenvalue weighted by Crippen LogP contribution is 2.70. The minimum Gasteiger partial charge on any atom is -0.455 e. The Morgan fingerprint density at radius 2 is 0.923 bits per heavy atom. The first-order valence-corrected chi connectivity index (χ1v) is 35.3. The number of benzene rings is 2. The molecule has 0 amide bonds. The molecule has 2 aromatic carbocycles. The zero-order valence-corrected chi connectivity index (χ0v) is 57.1. The van der Waals surface area contributed by atoms with Gasteiger partial charge < -0.3 is 77.3 Å². The van der Waals surface area contributed by atoms with Gasteiger partial charge in [0.2, 0.25) is 0 Å². The summed E-state index contributed by atoms with van der Waals surface area (Å²) in [7, 11) is -2.31. The van der Waals surface area contributed by atoms with E-state index in [-0.39, 0.29) is 38.0 Å². The van der Waals surface area contributed by atoms with Gasteiger partial charge in [-0.25, -0.2) is 9.59 Å². The minimum absolute atomic E-state index is 0.0218. The molecule has 21 heteroatoms. The van der Waals surface area contributed by atoms with E-state index in [2.05, 4.69) is 27.7 Å². The van der Waals surface area contributed by atoms with Gasteiger partial charge in [0.25, 0.3) is 0 Å². The van der Waals surface area contributed by atoms with Crippen LogP contribution in [0.3, 0.4) is 0 Å². The van der Waals surface area contributed by atoms with Gasteiger partial charge in [-0.05, 0) is 106 Å². The molecule has 4 heterocycles. The molecular weight excluding hydrogens is 1190 g/mol. The molecule has 2 aromatic rings. The van der Waals surface area contributed by atoms with Gasteiger partial charge in [-0.3, -0.25) is 9.59 Å². The molecule has 8 fully saturated rings. The van der Waals surface area contributed by atoms with Crippen molar-refractivity contribution in [3.63, 3.8) is 0 Å². The van der Waals surface area contributed by atoms with Crippen LogP contribution >= 0.6 is 0 Å². The Bertz CT molecular complexity index is 3220. The molecule has 20 nitrogen and oxygen atoms in total. The van der Waals surface area contributed by atoms with E-state index >= 15 is 0 Å². The molecular formula is C70H98O20Si. The van der Waals surface area contributed by atoms with Crippen LogP contribution in [-0.2, 0) is 61.4 Å². The van der Waals surface area contributed by atoms with Crippen molar-refractivity contribution in [2.45, 2.75) is 269 Å². The van der Waals surface area contributed by atoms with Crippen molar-refractivity contribution >= 4 is 32.2 Å². The van der Waals surface area contributed by atoms with E-state index in [1.807, 2.05) is 68.4 Å². The molecule has 20 atom stereocenters. The quantitative estimate of drug-likeness (QED) is 0.0612. The summed E-state index contributed by atoms with van der Waals surface area (Å²) in [6.45, 7) is 31.7. The molecule has 9 unspecified atom stereocenters. The van der Waals surface area contributed by atoms with Gasteiger partial charge in [0, 0.05) is 61.2 Å². The van der Waals surface area contributed by atoms with Crippen LogP contribution in [0.15, 0.2) is 83.0 Å². The zero-order valence-electron chi connectivity index (χ0n) is 56.1. The standard InChI is InChI=1S/C38H56O10Si.C32H42O10/c1-11-49(12-2,13-3)48-26-19-27-37(21-43-27,45-23(5)39)30-32(44-33(41)24-17-15-14-16-18-24)38(42)20-25(40)22(4)28(34(38,6)7)29-31(36(26,30)10)47-35(8,9)46-29;1-16-19(34)14-32(37)26(39-27(36)18-11-9-8-10-12-18)24-30(7,20(35)13-21-31(24,15-38-21)40-17(2)33)25-23(22(16)28(32,3)4)41-29(5,6)42-25/h14-18,25-27,29-32,40,42H,11-13,19-21H2,1-10H3;8-12,19-21,23-26,34-35,37H,13-15H2,1-7H3/t25?,26?,27?,29?,30?,31?,32?,36-,37?,38?;19-,20-,21+,23+,24-,25+,26-,30+,31-,32+/m10/s1. The predicted molar refractivity (Wildman–Crippen MR) is 332 cm³/mol. The number of aliphatic hydroxyl groups excluding tert-OH is 3. The van der Waals surface area contributed by atoms with Crippen LogP contribution in [0.2, 0.25) is 18.1 Å². The first-order chi connectivity index (χ1) is 42.4. The zero-order chi connectivity index (χ0) is 66.6. The molecule has 0 aromatic heterocycles. The fourth-order valence-corrected chi connectivity index (χ4v) is 22.0. The number of esters is 4. The molecule has 10 aliphatic rings. The lowest BCUT2D eigenvalue weighted by atomic mass is 9.44. The van der Waals surface area contributed by atoms with E-state index in [9.17, 15) is 44.7 Å². The number of carbonyl (C=O) groups excluding carboxylic acids is 4. The van der Waals surface area contributed by atoms with Gasteiger partial charge in [-0.15, -0.1) is 0 Å². The van der Waals surface area contributed by atoms with Gasteiger partial charge >= 0.3 is 23.9 Å². The van der Waals surface area contributed by atoms with Crippen molar-refractivity contribution in [3.8, 4) is 0 Å². The predicted octanol–water partition coefficient (Wildman–Crippen LogP) is 8.37. The molecule has 91 heavy (non-hydrogen) atoms. The Labute approximate surface area is 536 Å². The highest BCUT2D eigenvalue weighted by Gasteiger charge is 2.82. The molecule has 0 radical (unpaired) electrons. The van der Waals surface area contributed by atoms with Crippen LogP contribution in [0.5, 0.6) is 0 Å². The maximum atomic E-state index is 14.2. The largest absolute Gasteiger partial charge is 0.455 e. The van der Waals surface area contributed by atoms with Crippen LogP contribution in [0, 0.1) is 33.5 Å². The van der Waals surface area contributed by atoms with Crippen molar-refractivity contribution in [2.24, 2.45) is 33.5 Å². The third-order valence-electron chi connectivity index (χ3n) is 24.2. The maximum Gasteiger partial charge on any atom is 0.338 e. The summed E-state index contributed by atoms with van der Waals surface area (Å²) >= 11 is 0. The van der Waals surface area contributed by atoms with Crippen molar-refractivity contribution in [3.05, 3.63) is 94.1 Å². The van der Waals surface area contributed by atoms with Crippen LogP contribution < -0.4 is 0 Å². The van der Waals surface area contributed by atoms with Crippen LogP contribution in [0.25, 0.3) is 0 Å². The van der Waals surface area contributed by atoms with Gasteiger partial charge in [-0.1, -0.05) is 98.7 Å². The van der Waals surface area contributed by atoms with E-state index < -0.39 is 173 Å². The Hall–Kier alpha value is -4.46. The summed E-state index contributed by atoms with van der Waals surface area (Å²) in [5, 5.41) is 61.6. The number of rotatable bonds is 11. The Balaban J connectivity index is 0.000000189. The Morgan fingerprint density at radius 1 is 0.549 bits per heavy atom. The molecule has 502 valence electrons. The van der Waals surface area contributed by atoms with Crippen LogP contribution in [0.4, 0.5) is 0 Å². The summed E-state index contributed by atoms with van der Waals surface area (Å²) < 4.78 is 72.2. The molecule has 4 saturated carbocycles. The second-order valence-electron chi connectivity index (χ2n) is 30.3. The smallest absolute Gasteiger partial charge is 0.338 e. The van der Waals surface area contributed by atoms with E-state index in [1.165, 1.54) is 13.8 Å². The van der Waals surface area contributed by atoms with Crippen molar-refractivity contribution < 1.29 is 96.5 Å². The Morgan fingerprint density at radius 3 is 1.29 bits per heavy atom. The number of aliphatic hydroxyl groups is 5. The van der Waals surface area contributed by atoms with E-state index in [0.29, 0.717) is 28.7 Å². The molecule has 5 N–H and O–H groups in total. The van der Waals surface area contributed by atoms with Gasteiger partial charge in [0.15, 0.2) is 31.1 Å². The third-order valence-corrected chi connectivity index (χ3v) is 28.8. The first kappa shape index (κ1) is 67.9. The van der Waals surface area contributed by atoms with Crippen LogP contribution in [0.1, 0.15) is 164 Å². The van der Waals surface area contributed by atoms with E-state index in [1.54, 1.807) is 68.4 Å². The number of carbonyl (C=O) groups is 4. The summed E-state index contributed by atoms with van der Waals surface area (Å²) in [4.78, 5) is 53.9. The summed E-state index contributed by atoms with van der Waals surface area (Å²) in [5.74, 6) is -6.41. The molecule has 4 bridgehead atoms. The SMILES string of the molecule is CC(=O)O[C@@]12CO[C@@H]1C[C@H](O)[C@@]1(C)[C@@H]3OC(C)(C)O[C@@H]3C3=C(C)[C@@H](O)C[C@@](O)([C@@H](OC(=O)c4ccccc4)[C@H]21)C3(C)C.CC[Si](CC)(CC)OC1CC2OCC2(OC(C)=O)C2C(OC(=O)c3ccccc3)C3(O)CC(O)C(C)=C(C4OC(C)(C)OC4[C@]12C)C3(C)C. The fraction of sp³-hybridized carbons (Fsp3) is 0.714. The normalized spacial score (nSPS) is 42.5. The lowest BCUT2D eigenvalue weighted by molar-refractivity contribution is -0.362. The lowest BCUT2D eigenvalue weighted by Crippen LogP contribution is -2.82. The molecule has 4 saturated heterocycles. The minimum atomic E-state index is -2.31. The highest BCUT2D eigenvalue weighted by atomic mass is 28.4.